The standard InChI is InChI=1S/C12H20F3N3/c1-11(17,8-16)6-2-3-7-18(10-4-5-10)9-12(13,14)15/h10H,2-7,9,17H2,1H3. The van der Waals surface area contributed by atoms with Crippen molar-refractivity contribution in [2.24, 2.45) is 5.73 Å². The smallest absolute Gasteiger partial charge is 0.314 e. The quantitative estimate of drug-likeness (QED) is 0.718. The number of rotatable bonds is 7. The molecule has 1 rings (SSSR count). The molecule has 0 aliphatic heterocycles. The summed E-state index contributed by atoms with van der Waals surface area (Å²) in [6.45, 7) is 1.25. The Morgan fingerprint density at radius 2 is 1.94 bits per heavy atom. The van der Waals surface area contributed by atoms with E-state index < -0.39 is 18.3 Å². The van der Waals surface area contributed by atoms with Crippen LogP contribution in [0.15, 0.2) is 0 Å². The Morgan fingerprint density at radius 3 is 2.39 bits per heavy atom. The van der Waals surface area contributed by atoms with Crippen LogP contribution in [0.1, 0.15) is 39.0 Å². The molecule has 0 heterocycles. The molecule has 1 fully saturated rings. The summed E-state index contributed by atoms with van der Waals surface area (Å²) < 4.78 is 37.0. The van der Waals surface area contributed by atoms with Crippen molar-refractivity contribution in [2.45, 2.75) is 56.8 Å². The molecule has 3 nitrogen and oxygen atoms in total. The molecule has 0 aromatic carbocycles. The third kappa shape index (κ3) is 6.22. The van der Waals surface area contributed by atoms with Gasteiger partial charge in [0.25, 0.3) is 0 Å². The maximum Gasteiger partial charge on any atom is 0.401 e. The first kappa shape index (κ1) is 15.3. The molecular formula is C12H20F3N3. The SMILES string of the molecule is CC(N)(C#N)CCCCN(CC(F)(F)F)C1CC1. The Labute approximate surface area is 106 Å². The fraction of sp³-hybridized carbons (Fsp3) is 0.917. The molecule has 18 heavy (non-hydrogen) atoms. The first-order valence-corrected chi connectivity index (χ1v) is 6.24. The lowest BCUT2D eigenvalue weighted by Gasteiger charge is -2.23. The highest BCUT2D eigenvalue weighted by Crippen LogP contribution is 2.30. The minimum Gasteiger partial charge on any atom is -0.314 e. The van der Waals surface area contributed by atoms with Crippen LogP contribution in [0.4, 0.5) is 13.2 Å². The maximum atomic E-state index is 12.3. The van der Waals surface area contributed by atoms with Gasteiger partial charge in [0.05, 0.1) is 12.6 Å². The highest BCUT2D eigenvalue weighted by molar-refractivity contribution is 5.00. The Hall–Kier alpha value is -0.800. The maximum absolute atomic E-state index is 12.3. The van der Waals surface area contributed by atoms with Crippen LogP contribution in [0.2, 0.25) is 0 Å². The molecule has 1 unspecified atom stereocenters. The summed E-state index contributed by atoms with van der Waals surface area (Å²) in [5.74, 6) is 0. The lowest BCUT2D eigenvalue weighted by atomic mass is 9.98. The number of hydrogen-bond acceptors (Lipinski definition) is 3. The van der Waals surface area contributed by atoms with Crippen molar-refractivity contribution in [3.63, 3.8) is 0 Å². The second-order valence-corrected chi connectivity index (χ2v) is 5.30. The van der Waals surface area contributed by atoms with Crippen LogP contribution in [0.3, 0.4) is 0 Å². The number of nitrogens with two attached hydrogens (primary N) is 1. The summed E-state index contributed by atoms with van der Waals surface area (Å²) in [5.41, 5.74) is 4.79. The summed E-state index contributed by atoms with van der Waals surface area (Å²) in [6.07, 6.45) is -0.542. The zero-order valence-electron chi connectivity index (χ0n) is 10.6. The van der Waals surface area contributed by atoms with Crippen molar-refractivity contribution in [3.8, 4) is 6.07 Å². The fourth-order valence-electron chi connectivity index (χ4n) is 1.92. The highest BCUT2D eigenvalue weighted by atomic mass is 19.4. The molecule has 0 saturated heterocycles. The molecule has 0 radical (unpaired) electrons. The molecule has 1 saturated carbocycles. The van der Waals surface area contributed by atoms with Crippen LogP contribution < -0.4 is 5.73 Å². The fourth-order valence-corrected chi connectivity index (χ4v) is 1.92. The highest BCUT2D eigenvalue weighted by Gasteiger charge is 2.37. The molecule has 2 N–H and O–H groups in total. The van der Waals surface area contributed by atoms with Gasteiger partial charge in [-0.3, -0.25) is 4.90 Å². The van der Waals surface area contributed by atoms with Gasteiger partial charge in [-0.2, -0.15) is 18.4 Å². The first-order chi connectivity index (χ1) is 8.23. The molecular weight excluding hydrogens is 243 g/mol. The van der Waals surface area contributed by atoms with E-state index in [4.69, 9.17) is 11.0 Å². The molecule has 104 valence electrons. The molecule has 0 aromatic rings. The summed E-state index contributed by atoms with van der Waals surface area (Å²) >= 11 is 0. The number of alkyl halides is 3. The zero-order valence-corrected chi connectivity index (χ0v) is 10.6. The van der Waals surface area contributed by atoms with E-state index in [-0.39, 0.29) is 6.04 Å². The molecule has 1 aliphatic rings. The summed E-state index contributed by atoms with van der Waals surface area (Å²) in [5, 5.41) is 8.72. The van der Waals surface area contributed by atoms with E-state index in [9.17, 15) is 13.2 Å². The normalized spacial score (nSPS) is 19.6. The van der Waals surface area contributed by atoms with Crippen LogP contribution in [0, 0.1) is 11.3 Å². The zero-order chi connectivity index (χ0) is 13.8. The van der Waals surface area contributed by atoms with Crippen LogP contribution in [0.25, 0.3) is 0 Å². The van der Waals surface area contributed by atoms with Gasteiger partial charge >= 0.3 is 6.18 Å². The molecule has 0 spiro atoms. The molecule has 0 bridgehead atoms. The minimum atomic E-state index is -4.13. The average Bonchev–Trinajstić information content (AvgIpc) is 3.04. The summed E-state index contributed by atoms with van der Waals surface area (Å²) in [4.78, 5) is 1.50. The lowest BCUT2D eigenvalue weighted by molar-refractivity contribution is -0.147. The van der Waals surface area contributed by atoms with E-state index in [0.29, 0.717) is 25.8 Å². The van der Waals surface area contributed by atoms with Crippen molar-refractivity contribution in [2.75, 3.05) is 13.1 Å². The van der Waals surface area contributed by atoms with E-state index in [1.165, 1.54) is 4.90 Å². The second-order valence-electron chi connectivity index (χ2n) is 5.30. The number of unbranched alkanes of at least 4 members (excludes halogenated alkanes) is 1. The predicted octanol–water partition coefficient (Wildman–Crippen LogP) is 2.42. The van der Waals surface area contributed by atoms with Crippen molar-refractivity contribution in [1.29, 1.82) is 5.26 Å². The first-order valence-electron chi connectivity index (χ1n) is 6.24. The van der Waals surface area contributed by atoms with E-state index in [2.05, 4.69) is 0 Å². The monoisotopic (exact) mass is 263 g/mol. The van der Waals surface area contributed by atoms with Crippen LogP contribution >= 0.6 is 0 Å². The molecule has 1 atom stereocenters. The predicted molar refractivity (Wildman–Crippen MR) is 62.7 cm³/mol. The van der Waals surface area contributed by atoms with Gasteiger partial charge < -0.3 is 5.73 Å². The molecule has 0 amide bonds. The van der Waals surface area contributed by atoms with E-state index >= 15 is 0 Å². The Morgan fingerprint density at radius 1 is 1.33 bits per heavy atom. The van der Waals surface area contributed by atoms with Gasteiger partial charge in [0.1, 0.15) is 5.54 Å². The number of hydrogen-bond donors (Lipinski definition) is 1. The third-order valence-electron chi connectivity index (χ3n) is 3.09. The largest absolute Gasteiger partial charge is 0.401 e. The summed E-state index contributed by atoms with van der Waals surface area (Å²) in [7, 11) is 0. The summed E-state index contributed by atoms with van der Waals surface area (Å²) in [6, 6.07) is 2.09. The van der Waals surface area contributed by atoms with Gasteiger partial charge in [-0.05, 0) is 45.6 Å². The van der Waals surface area contributed by atoms with Gasteiger partial charge in [-0.1, -0.05) is 0 Å². The average molecular weight is 263 g/mol. The topological polar surface area (TPSA) is 53.1 Å². The van der Waals surface area contributed by atoms with Crippen LogP contribution in [-0.2, 0) is 0 Å². The molecule has 6 heteroatoms. The second kappa shape index (κ2) is 5.89. The Bertz CT molecular complexity index is 303. The number of nitrogens with zero attached hydrogens (tertiary/aromatic N) is 2. The van der Waals surface area contributed by atoms with Gasteiger partial charge in [0.15, 0.2) is 0 Å². The van der Waals surface area contributed by atoms with Crippen LogP contribution in [0.5, 0.6) is 0 Å². The van der Waals surface area contributed by atoms with Gasteiger partial charge in [-0.25, -0.2) is 0 Å². The van der Waals surface area contributed by atoms with Gasteiger partial charge in [-0.15, -0.1) is 0 Å². The van der Waals surface area contributed by atoms with Crippen molar-refractivity contribution in [1.82, 2.24) is 4.90 Å². The lowest BCUT2D eigenvalue weighted by Crippen LogP contribution is -2.37. The Balaban J connectivity index is 2.25. The Kier molecular flexibility index (Phi) is 5.00. The van der Waals surface area contributed by atoms with Crippen molar-refractivity contribution in [3.05, 3.63) is 0 Å². The molecule has 0 aromatic heterocycles. The van der Waals surface area contributed by atoms with Crippen LogP contribution in [-0.4, -0.2) is 35.7 Å². The number of nitriles is 1. The van der Waals surface area contributed by atoms with Gasteiger partial charge in [0, 0.05) is 6.04 Å². The van der Waals surface area contributed by atoms with E-state index in [1.54, 1.807) is 6.92 Å². The van der Waals surface area contributed by atoms with E-state index in [1.807, 2.05) is 6.07 Å². The number of halogens is 3. The van der Waals surface area contributed by atoms with Gasteiger partial charge in [0.2, 0.25) is 0 Å². The van der Waals surface area contributed by atoms with Crippen molar-refractivity contribution < 1.29 is 13.2 Å². The third-order valence-corrected chi connectivity index (χ3v) is 3.09. The minimum absolute atomic E-state index is 0.104. The van der Waals surface area contributed by atoms with Crippen molar-refractivity contribution >= 4 is 0 Å². The molecule has 1 aliphatic carbocycles. The van der Waals surface area contributed by atoms with E-state index in [0.717, 1.165) is 12.8 Å².